The van der Waals surface area contributed by atoms with Gasteiger partial charge in [0.1, 0.15) is 18.1 Å². The topological polar surface area (TPSA) is 50.8 Å². The Kier molecular flexibility index (Phi) is 7.57. The van der Waals surface area contributed by atoms with E-state index < -0.39 is 0 Å². The fourth-order valence-corrected chi connectivity index (χ4v) is 2.34. The summed E-state index contributed by atoms with van der Waals surface area (Å²) in [5, 5.41) is 3.58. The van der Waals surface area contributed by atoms with Crippen LogP contribution >= 0.6 is 11.6 Å². The molecule has 0 aromatic heterocycles. The zero-order valence-corrected chi connectivity index (χ0v) is 15.3. The minimum Gasteiger partial charge on any atom is -0.497 e. The first-order valence-corrected chi connectivity index (χ1v) is 8.41. The van der Waals surface area contributed by atoms with Crippen LogP contribution in [0.2, 0.25) is 5.02 Å². The highest BCUT2D eigenvalue weighted by molar-refractivity contribution is 6.30. The van der Waals surface area contributed by atoms with Crippen molar-refractivity contribution < 1.29 is 14.3 Å². The maximum absolute atomic E-state index is 12.0. The van der Waals surface area contributed by atoms with E-state index in [1.807, 2.05) is 48.3 Å². The van der Waals surface area contributed by atoms with Gasteiger partial charge in [0.15, 0.2) is 0 Å². The summed E-state index contributed by atoms with van der Waals surface area (Å²) in [5.74, 6) is 1.51. The second kappa shape index (κ2) is 9.91. The maximum atomic E-state index is 12.0. The monoisotopic (exact) mass is 362 g/mol. The molecular weight excluding hydrogens is 340 g/mol. The van der Waals surface area contributed by atoms with Gasteiger partial charge in [-0.3, -0.25) is 9.69 Å². The molecule has 0 saturated carbocycles. The number of carbonyl (C=O) groups is 1. The van der Waals surface area contributed by atoms with Crippen LogP contribution in [-0.2, 0) is 11.3 Å². The third kappa shape index (κ3) is 7.03. The molecule has 2 rings (SSSR count). The van der Waals surface area contributed by atoms with Crippen molar-refractivity contribution in [3.8, 4) is 11.5 Å². The number of hydrogen-bond acceptors (Lipinski definition) is 4. The largest absolute Gasteiger partial charge is 0.497 e. The first kappa shape index (κ1) is 19.1. The summed E-state index contributed by atoms with van der Waals surface area (Å²) < 4.78 is 10.8. The predicted molar refractivity (Wildman–Crippen MR) is 99.3 cm³/mol. The van der Waals surface area contributed by atoms with Crippen LogP contribution in [0.25, 0.3) is 0 Å². The third-order valence-corrected chi connectivity index (χ3v) is 3.84. The standard InChI is InChI=1S/C19H23ClN2O3/c1-22(10-11-25-17-8-6-16(20)7-9-17)14-19(23)21-13-15-4-3-5-18(12-15)24-2/h3-9,12H,10-11,13-14H2,1-2H3,(H,21,23). The smallest absolute Gasteiger partial charge is 0.234 e. The van der Waals surface area contributed by atoms with E-state index in [0.29, 0.717) is 31.3 Å². The van der Waals surface area contributed by atoms with Crippen LogP contribution in [-0.4, -0.2) is 44.7 Å². The molecule has 134 valence electrons. The van der Waals surface area contributed by atoms with E-state index in [1.54, 1.807) is 19.2 Å². The number of carbonyl (C=O) groups excluding carboxylic acids is 1. The minimum atomic E-state index is -0.0307. The number of methoxy groups -OCH3 is 1. The van der Waals surface area contributed by atoms with Gasteiger partial charge < -0.3 is 14.8 Å². The Hall–Kier alpha value is -2.24. The van der Waals surface area contributed by atoms with E-state index in [-0.39, 0.29) is 5.91 Å². The van der Waals surface area contributed by atoms with Gasteiger partial charge in [-0.15, -0.1) is 0 Å². The Bertz CT molecular complexity index is 677. The molecule has 0 saturated heterocycles. The van der Waals surface area contributed by atoms with E-state index in [9.17, 15) is 4.79 Å². The number of nitrogens with zero attached hydrogens (tertiary/aromatic N) is 1. The summed E-state index contributed by atoms with van der Waals surface area (Å²) >= 11 is 5.83. The first-order chi connectivity index (χ1) is 12.1. The normalized spacial score (nSPS) is 10.6. The molecule has 0 bridgehead atoms. The lowest BCUT2D eigenvalue weighted by atomic mass is 10.2. The van der Waals surface area contributed by atoms with Gasteiger partial charge in [-0.25, -0.2) is 0 Å². The van der Waals surface area contributed by atoms with Crippen molar-refractivity contribution in [3.05, 3.63) is 59.1 Å². The van der Waals surface area contributed by atoms with E-state index in [0.717, 1.165) is 17.1 Å². The number of halogens is 1. The molecule has 0 unspecified atom stereocenters. The highest BCUT2D eigenvalue weighted by Crippen LogP contribution is 2.15. The Balaban J connectivity index is 1.66. The molecule has 0 aliphatic rings. The molecule has 0 radical (unpaired) electrons. The quantitative estimate of drug-likeness (QED) is 0.745. The number of benzene rings is 2. The lowest BCUT2D eigenvalue weighted by molar-refractivity contribution is -0.122. The van der Waals surface area contributed by atoms with E-state index in [1.165, 1.54) is 0 Å². The second-order valence-electron chi connectivity index (χ2n) is 5.67. The summed E-state index contributed by atoms with van der Waals surface area (Å²) in [5.41, 5.74) is 1.00. The highest BCUT2D eigenvalue weighted by Gasteiger charge is 2.07. The highest BCUT2D eigenvalue weighted by atomic mass is 35.5. The maximum Gasteiger partial charge on any atom is 0.234 e. The van der Waals surface area contributed by atoms with Crippen LogP contribution in [0.15, 0.2) is 48.5 Å². The van der Waals surface area contributed by atoms with Gasteiger partial charge in [-0.2, -0.15) is 0 Å². The van der Waals surface area contributed by atoms with Gasteiger partial charge in [0.05, 0.1) is 13.7 Å². The molecule has 1 N–H and O–H groups in total. The molecule has 0 spiro atoms. The number of amides is 1. The van der Waals surface area contributed by atoms with Crippen LogP contribution in [0.3, 0.4) is 0 Å². The number of rotatable bonds is 9. The van der Waals surface area contributed by atoms with Crippen LogP contribution in [0, 0.1) is 0 Å². The SMILES string of the molecule is COc1cccc(CNC(=O)CN(C)CCOc2ccc(Cl)cc2)c1. The average Bonchev–Trinajstić information content (AvgIpc) is 2.62. The van der Waals surface area contributed by atoms with Gasteiger partial charge in [-0.05, 0) is 49.0 Å². The minimum absolute atomic E-state index is 0.0307. The fourth-order valence-electron chi connectivity index (χ4n) is 2.21. The number of likely N-dealkylation sites (N-methyl/N-ethyl adjacent to an activating group) is 1. The molecule has 25 heavy (non-hydrogen) atoms. The Morgan fingerprint density at radius 2 is 1.92 bits per heavy atom. The Labute approximate surface area is 153 Å². The van der Waals surface area contributed by atoms with E-state index in [2.05, 4.69) is 5.32 Å². The number of hydrogen-bond donors (Lipinski definition) is 1. The van der Waals surface area contributed by atoms with Gasteiger partial charge in [-0.1, -0.05) is 23.7 Å². The van der Waals surface area contributed by atoms with Crippen molar-refractivity contribution in [1.29, 1.82) is 0 Å². The molecule has 0 aliphatic carbocycles. The zero-order valence-electron chi connectivity index (χ0n) is 14.5. The molecule has 0 fully saturated rings. The molecular formula is C19H23ClN2O3. The van der Waals surface area contributed by atoms with Gasteiger partial charge in [0, 0.05) is 18.1 Å². The summed E-state index contributed by atoms with van der Waals surface area (Å²) in [6, 6.07) is 14.8. The third-order valence-electron chi connectivity index (χ3n) is 3.59. The van der Waals surface area contributed by atoms with E-state index >= 15 is 0 Å². The number of ether oxygens (including phenoxy) is 2. The molecule has 1 amide bonds. The van der Waals surface area contributed by atoms with Crippen LogP contribution in [0.1, 0.15) is 5.56 Å². The molecule has 0 heterocycles. The van der Waals surface area contributed by atoms with Crippen molar-refractivity contribution in [3.63, 3.8) is 0 Å². The van der Waals surface area contributed by atoms with Crippen molar-refractivity contribution in [2.45, 2.75) is 6.54 Å². The summed E-state index contributed by atoms with van der Waals surface area (Å²) in [6.45, 7) is 1.94. The molecule has 2 aromatic carbocycles. The summed E-state index contributed by atoms with van der Waals surface area (Å²) in [7, 11) is 3.51. The molecule has 0 atom stereocenters. The molecule has 2 aromatic rings. The predicted octanol–water partition coefficient (Wildman–Crippen LogP) is 2.98. The van der Waals surface area contributed by atoms with E-state index in [4.69, 9.17) is 21.1 Å². The van der Waals surface area contributed by atoms with Crippen LogP contribution in [0.4, 0.5) is 0 Å². The fraction of sp³-hybridized carbons (Fsp3) is 0.316. The average molecular weight is 363 g/mol. The lowest BCUT2D eigenvalue weighted by Crippen LogP contribution is -2.36. The van der Waals surface area contributed by atoms with Crippen molar-refractivity contribution in [2.75, 3.05) is 33.9 Å². The summed E-state index contributed by atoms with van der Waals surface area (Å²) in [4.78, 5) is 13.9. The van der Waals surface area contributed by atoms with Crippen molar-refractivity contribution in [1.82, 2.24) is 10.2 Å². The molecule has 6 heteroatoms. The van der Waals surface area contributed by atoms with Gasteiger partial charge in [0.2, 0.25) is 5.91 Å². The van der Waals surface area contributed by atoms with Crippen LogP contribution < -0.4 is 14.8 Å². The molecule has 5 nitrogen and oxygen atoms in total. The second-order valence-corrected chi connectivity index (χ2v) is 6.10. The first-order valence-electron chi connectivity index (χ1n) is 8.03. The van der Waals surface area contributed by atoms with Gasteiger partial charge in [0.25, 0.3) is 0 Å². The number of nitrogens with one attached hydrogen (secondary N) is 1. The summed E-state index contributed by atoms with van der Waals surface area (Å²) in [6.07, 6.45) is 0. The van der Waals surface area contributed by atoms with Gasteiger partial charge >= 0.3 is 0 Å². The van der Waals surface area contributed by atoms with Crippen molar-refractivity contribution in [2.24, 2.45) is 0 Å². The molecule has 0 aliphatic heterocycles. The Morgan fingerprint density at radius 3 is 2.64 bits per heavy atom. The zero-order chi connectivity index (χ0) is 18.1. The van der Waals surface area contributed by atoms with Crippen LogP contribution in [0.5, 0.6) is 11.5 Å². The Morgan fingerprint density at radius 1 is 1.16 bits per heavy atom. The van der Waals surface area contributed by atoms with Crippen molar-refractivity contribution >= 4 is 17.5 Å². The lowest BCUT2D eigenvalue weighted by Gasteiger charge is -2.16.